The van der Waals surface area contributed by atoms with Crippen molar-refractivity contribution in [2.45, 2.75) is 31.5 Å². The molecule has 0 radical (unpaired) electrons. The van der Waals surface area contributed by atoms with E-state index in [1.165, 1.54) is 4.90 Å². The maximum atomic E-state index is 13.1. The Morgan fingerprint density at radius 2 is 1.88 bits per heavy atom. The van der Waals surface area contributed by atoms with Gasteiger partial charge >= 0.3 is 6.18 Å². The van der Waals surface area contributed by atoms with Crippen molar-refractivity contribution in [1.82, 2.24) is 29.7 Å². The van der Waals surface area contributed by atoms with Gasteiger partial charge in [-0.15, -0.1) is 0 Å². The number of hydrogen-bond acceptors (Lipinski definition) is 8. The zero-order valence-corrected chi connectivity index (χ0v) is 18.1. The molecule has 1 amide bonds. The van der Waals surface area contributed by atoms with Crippen LogP contribution in [-0.2, 0) is 15.7 Å². The molecule has 3 aromatic heterocycles. The fourth-order valence-electron chi connectivity index (χ4n) is 4.85. The number of alkyl halides is 3. The van der Waals surface area contributed by atoms with Gasteiger partial charge in [-0.1, -0.05) is 0 Å². The van der Waals surface area contributed by atoms with Gasteiger partial charge in [-0.3, -0.25) is 9.69 Å². The molecule has 0 atom stereocenters. The molecule has 3 fully saturated rings. The maximum absolute atomic E-state index is 13.1. The van der Waals surface area contributed by atoms with Gasteiger partial charge in [0.05, 0.1) is 25.6 Å². The van der Waals surface area contributed by atoms with Gasteiger partial charge in [0, 0.05) is 37.7 Å². The standard InChI is InChI=1S/C21H21F3N8O2/c22-21(23,24)15-1-4-25-19(28-15)31-12-20(7-17(31)33)2-5-30(6-3-20)16-9-26-14-8-27-32(18(14)29-16)13-10-34-11-13/h1,4,8-9,13H,2-3,5-7,10-12H2. The first-order chi connectivity index (χ1) is 16.3. The Bertz CT molecular complexity index is 1250. The summed E-state index contributed by atoms with van der Waals surface area (Å²) >= 11 is 0. The van der Waals surface area contributed by atoms with E-state index in [-0.39, 0.29) is 29.7 Å². The van der Waals surface area contributed by atoms with Crippen LogP contribution in [0.15, 0.2) is 24.7 Å². The number of anilines is 2. The van der Waals surface area contributed by atoms with Crippen molar-refractivity contribution in [2.75, 3.05) is 42.6 Å². The molecule has 1 spiro atoms. The van der Waals surface area contributed by atoms with E-state index in [0.29, 0.717) is 45.7 Å². The molecule has 0 aromatic carbocycles. The third-order valence-corrected chi connectivity index (χ3v) is 6.90. The van der Waals surface area contributed by atoms with Crippen LogP contribution in [0, 0.1) is 5.41 Å². The monoisotopic (exact) mass is 474 g/mol. The summed E-state index contributed by atoms with van der Waals surface area (Å²) in [5.74, 6) is 0.302. The van der Waals surface area contributed by atoms with Gasteiger partial charge in [0.15, 0.2) is 5.65 Å². The molecule has 3 aliphatic heterocycles. The largest absolute Gasteiger partial charge is 0.433 e. The molecule has 0 bridgehead atoms. The molecule has 3 aromatic rings. The first kappa shape index (κ1) is 21.2. The van der Waals surface area contributed by atoms with Gasteiger partial charge in [-0.05, 0) is 18.9 Å². The van der Waals surface area contributed by atoms with Gasteiger partial charge in [0.25, 0.3) is 0 Å². The molecule has 3 aliphatic rings. The van der Waals surface area contributed by atoms with Crippen molar-refractivity contribution >= 4 is 28.8 Å². The van der Waals surface area contributed by atoms with E-state index >= 15 is 0 Å². The molecular formula is C21H21F3N8O2. The average molecular weight is 474 g/mol. The second-order valence-corrected chi connectivity index (χ2v) is 9.10. The summed E-state index contributed by atoms with van der Waals surface area (Å²) in [6.45, 7) is 2.83. The Labute approximate surface area is 191 Å². The number of rotatable bonds is 3. The van der Waals surface area contributed by atoms with Crippen molar-refractivity contribution in [3.05, 3.63) is 30.4 Å². The van der Waals surface area contributed by atoms with Crippen molar-refractivity contribution in [3.63, 3.8) is 0 Å². The molecule has 178 valence electrons. The van der Waals surface area contributed by atoms with Crippen molar-refractivity contribution < 1.29 is 22.7 Å². The van der Waals surface area contributed by atoms with Crippen LogP contribution in [0.1, 0.15) is 31.0 Å². The van der Waals surface area contributed by atoms with E-state index in [1.54, 1.807) is 12.4 Å². The predicted octanol–water partition coefficient (Wildman–Crippen LogP) is 2.23. The lowest BCUT2D eigenvalue weighted by atomic mass is 9.77. The van der Waals surface area contributed by atoms with Gasteiger partial charge in [-0.25, -0.2) is 24.6 Å². The van der Waals surface area contributed by atoms with E-state index in [4.69, 9.17) is 9.72 Å². The SMILES string of the molecule is O=C1CC2(CCN(c3cnc4cnn(C5COC5)c4n3)CC2)CN1c1nccc(C(F)(F)F)n1. The molecule has 0 unspecified atom stereocenters. The second-order valence-electron chi connectivity index (χ2n) is 9.10. The number of amides is 1. The number of fused-ring (bicyclic) bond motifs is 1. The molecule has 13 heteroatoms. The van der Waals surface area contributed by atoms with E-state index < -0.39 is 11.9 Å². The summed E-state index contributed by atoms with van der Waals surface area (Å²) in [6, 6.07) is 0.973. The zero-order valence-electron chi connectivity index (χ0n) is 18.1. The fraction of sp³-hybridized carbons (Fsp3) is 0.524. The molecule has 0 aliphatic carbocycles. The summed E-state index contributed by atoms with van der Waals surface area (Å²) in [5.41, 5.74) is 0.0632. The first-order valence-corrected chi connectivity index (χ1v) is 11.0. The summed E-state index contributed by atoms with van der Waals surface area (Å²) in [5, 5.41) is 4.40. The van der Waals surface area contributed by atoms with Crippen LogP contribution >= 0.6 is 0 Å². The summed E-state index contributed by atoms with van der Waals surface area (Å²) in [4.78, 5) is 33.0. The van der Waals surface area contributed by atoms with E-state index in [9.17, 15) is 18.0 Å². The van der Waals surface area contributed by atoms with Crippen LogP contribution in [-0.4, -0.2) is 68.5 Å². The molecular weight excluding hydrogens is 453 g/mol. The topological polar surface area (TPSA) is 102 Å². The minimum absolute atomic E-state index is 0.167. The lowest BCUT2D eigenvalue weighted by molar-refractivity contribution is -0.141. The number of aromatic nitrogens is 6. The molecule has 34 heavy (non-hydrogen) atoms. The quantitative estimate of drug-likeness (QED) is 0.570. The normalized spacial score (nSPS) is 21.0. The van der Waals surface area contributed by atoms with Gasteiger partial charge in [0.2, 0.25) is 11.9 Å². The Balaban J connectivity index is 1.17. The Kier molecular flexibility index (Phi) is 4.73. The predicted molar refractivity (Wildman–Crippen MR) is 113 cm³/mol. The molecule has 0 N–H and O–H groups in total. The molecule has 6 heterocycles. The Hall–Kier alpha value is -3.35. The third-order valence-electron chi connectivity index (χ3n) is 6.90. The van der Waals surface area contributed by atoms with Crippen LogP contribution in [0.3, 0.4) is 0 Å². The minimum Gasteiger partial charge on any atom is -0.377 e. The highest BCUT2D eigenvalue weighted by Gasteiger charge is 2.47. The number of piperidine rings is 1. The lowest BCUT2D eigenvalue weighted by Gasteiger charge is -2.39. The summed E-state index contributed by atoms with van der Waals surface area (Å²) in [6.07, 6.45) is 1.54. The maximum Gasteiger partial charge on any atom is 0.433 e. The van der Waals surface area contributed by atoms with Crippen molar-refractivity contribution in [1.29, 1.82) is 0 Å². The number of hydrogen-bond donors (Lipinski definition) is 0. The lowest BCUT2D eigenvalue weighted by Crippen LogP contribution is -2.42. The molecule has 10 nitrogen and oxygen atoms in total. The highest BCUT2D eigenvalue weighted by molar-refractivity contribution is 5.94. The fourth-order valence-corrected chi connectivity index (χ4v) is 4.85. The average Bonchev–Trinajstić information content (AvgIpc) is 3.33. The number of nitrogens with zero attached hydrogens (tertiary/aromatic N) is 8. The van der Waals surface area contributed by atoms with E-state index in [1.807, 2.05) is 4.68 Å². The van der Waals surface area contributed by atoms with Gasteiger partial charge in [-0.2, -0.15) is 18.3 Å². The Morgan fingerprint density at radius 3 is 2.59 bits per heavy atom. The Morgan fingerprint density at radius 1 is 1.09 bits per heavy atom. The molecule has 0 saturated carbocycles. The molecule has 3 saturated heterocycles. The highest BCUT2D eigenvalue weighted by Crippen LogP contribution is 2.43. The van der Waals surface area contributed by atoms with Gasteiger partial charge < -0.3 is 9.64 Å². The number of carbonyl (C=O) groups is 1. The minimum atomic E-state index is -4.59. The van der Waals surface area contributed by atoms with E-state index in [0.717, 1.165) is 29.2 Å². The third kappa shape index (κ3) is 3.54. The van der Waals surface area contributed by atoms with E-state index in [2.05, 4.69) is 25.0 Å². The van der Waals surface area contributed by atoms with Crippen LogP contribution in [0.25, 0.3) is 11.2 Å². The summed E-state index contributed by atoms with van der Waals surface area (Å²) < 4.78 is 46.3. The van der Waals surface area contributed by atoms with Crippen LogP contribution in [0.4, 0.5) is 24.9 Å². The number of carbonyl (C=O) groups excluding carboxylic acids is 1. The highest BCUT2D eigenvalue weighted by atomic mass is 19.4. The van der Waals surface area contributed by atoms with Gasteiger partial charge in [0.1, 0.15) is 23.1 Å². The van der Waals surface area contributed by atoms with Crippen molar-refractivity contribution in [3.8, 4) is 0 Å². The number of ether oxygens (including phenoxy) is 1. The second kappa shape index (κ2) is 7.58. The van der Waals surface area contributed by atoms with Crippen LogP contribution < -0.4 is 9.80 Å². The molecule has 6 rings (SSSR count). The summed E-state index contributed by atoms with van der Waals surface area (Å²) in [7, 11) is 0. The smallest absolute Gasteiger partial charge is 0.377 e. The van der Waals surface area contributed by atoms with Crippen LogP contribution in [0.2, 0.25) is 0 Å². The zero-order chi connectivity index (χ0) is 23.5. The number of halogens is 3. The first-order valence-electron chi connectivity index (χ1n) is 11.0. The van der Waals surface area contributed by atoms with Crippen LogP contribution in [0.5, 0.6) is 0 Å². The van der Waals surface area contributed by atoms with Crippen molar-refractivity contribution in [2.24, 2.45) is 5.41 Å².